The predicted molar refractivity (Wildman–Crippen MR) is 62.7 cm³/mol. The zero-order valence-corrected chi connectivity index (χ0v) is 8.57. The Hall–Kier alpha value is -1.96. The number of aryl methyl sites for hydroxylation is 1. The number of rotatable bonds is 1. The van der Waals surface area contributed by atoms with Gasteiger partial charge in [0, 0.05) is 5.69 Å². The maximum absolute atomic E-state index is 9.43. The summed E-state index contributed by atoms with van der Waals surface area (Å²) in [4.78, 5) is 0. The fourth-order valence-electron chi connectivity index (χ4n) is 1.58. The summed E-state index contributed by atoms with van der Waals surface area (Å²) >= 11 is 0. The van der Waals surface area contributed by atoms with Gasteiger partial charge < -0.3 is 10.8 Å². The van der Waals surface area contributed by atoms with E-state index in [2.05, 4.69) is 0 Å². The molecule has 0 radical (unpaired) electrons. The molecule has 0 saturated carbocycles. The first kappa shape index (κ1) is 9.59. The van der Waals surface area contributed by atoms with Gasteiger partial charge in [0.1, 0.15) is 5.75 Å². The van der Waals surface area contributed by atoms with E-state index in [0.717, 1.165) is 22.4 Å². The topological polar surface area (TPSA) is 46.2 Å². The van der Waals surface area contributed by atoms with Crippen LogP contribution >= 0.6 is 0 Å². The predicted octanol–water partition coefficient (Wildman–Crippen LogP) is 2.95. The number of nitrogens with two attached hydrogens (primary N) is 1. The first-order valence-corrected chi connectivity index (χ1v) is 4.82. The van der Waals surface area contributed by atoms with Crippen molar-refractivity contribution in [3.05, 3.63) is 48.0 Å². The van der Waals surface area contributed by atoms with Crippen LogP contribution in [0.2, 0.25) is 0 Å². The Morgan fingerprint density at radius 1 is 1.00 bits per heavy atom. The molecule has 0 aliphatic rings. The molecule has 0 atom stereocenters. The van der Waals surface area contributed by atoms with E-state index in [0.29, 0.717) is 0 Å². The Labute approximate surface area is 89.0 Å². The van der Waals surface area contributed by atoms with E-state index < -0.39 is 0 Å². The van der Waals surface area contributed by atoms with Gasteiger partial charge in [0.05, 0.1) is 0 Å². The van der Waals surface area contributed by atoms with Crippen molar-refractivity contribution in [2.45, 2.75) is 6.92 Å². The minimum absolute atomic E-state index is 0.285. The maximum atomic E-state index is 9.43. The van der Waals surface area contributed by atoms with Gasteiger partial charge >= 0.3 is 0 Å². The van der Waals surface area contributed by atoms with Gasteiger partial charge in [0.15, 0.2) is 0 Å². The van der Waals surface area contributed by atoms with E-state index in [1.165, 1.54) is 0 Å². The van der Waals surface area contributed by atoms with Crippen molar-refractivity contribution in [3.63, 3.8) is 0 Å². The van der Waals surface area contributed by atoms with Crippen molar-refractivity contribution in [1.29, 1.82) is 0 Å². The molecule has 2 aromatic rings. The molecule has 0 amide bonds. The Bertz CT molecular complexity index is 474. The number of anilines is 1. The van der Waals surface area contributed by atoms with Crippen LogP contribution in [-0.2, 0) is 0 Å². The zero-order valence-electron chi connectivity index (χ0n) is 8.57. The molecule has 0 aromatic heterocycles. The average molecular weight is 199 g/mol. The molecule has 0 bridgehead atoms. The van der Waals surface area contributed by atoms with Gasteiger partial charge in [-0.15, -0.1) is 0 Å². The van der Waals surface area contributed by atoms with E-state index >= 15 is 0 Å². The Morgan fingerprint density at radius 2 is 1.67 bits per heavy atom. The Balaban J connectivity index is 2.53. The van der Waals surface area contributed by atoms with Crippen LogP contribution < -0.4 is 5.73 Å². The van der Waals surface area contributed by atoms with Crippen LogP contribution in [0.1, 0.15) is 5.56 Å². The van der Waals surface area contributed by atoms with Crippen molar-refractivity contribution in [3.8, 4) is 16.9 Å². The summed E-state index contributed by atoms with van der Waals surface area (Å²) in [5.74, 6) is 0.285. The van der Waals surface area contributed by atoms with E-state index in [-0.39, 0.29) is 5.75 Å². The van der Waals surface area contributed by atoms with Crippen LogP contribution in [0.15, 0.2) is 42.5 Å². The molecule has 2 aromatic carbocycles. The van der Waals surface area contributed by atoms with Crippen molar-refractivity contribution >= 4 is 5.69 Å². The van der Waals surface area contributed by atoms with E-state index in [4.69, 9.17) is 5.73 Å². The third kappa shape index (κ3) is 1.94. The normalized spacial score (nSPS) is 10.2. The molecule has 0 aliphatic carbocycles. The molecular formula is C13H13NO. The summed E-state index contributed by atoms with van der Waals surface area (Å²) < 4.78 is 0. The Kier molecular flexibility index (Phi) is 2.34. The molecule has 0 saturated heterocycles. The van der Waals surface area contributed by atoms with Gasteiger partial charge in [-0.2, -0.15) is 0 Å². The summed E-state index contributed by atoms with van der Waals surface area (Å²) in [6.07, 6.45) is 0. The fourth-order valence-corrected chi connectivity index (χ4v) is 1.58. The number of hydrogen-bond acceptors (Lipinski definition) is 2. The molecule has 76 valence electrons. The molecule has 2 nitrogen and oxygen atoms in total. The first-order chi connectivity index (χ1) is 7.16. The van der Waals surface area contributed by atoms with Gasteiger partial charge in [-0.05, 0) is 47.9 Å². The molecule has 0 heterocycles. The smallest absolute Gasteiger partial charge is 0.116 e. The van der Waals surface area contributed by atoms with Crippen LogP contribution in [-0.4, -0.2) is 5.11 Å². The number of hydrogen-bond donors (Lipinski definition) is 2. The highest BCUT2D eigenvalue weighted by Crippen LogP contribution is 2.27. The maximum Gasteiger partial charge on any atom is 0.116 e. The van der Waals surface area contributed by atoms with Gasteiger partial charge in [0.25, 0.3) is 0 Å². The number of aromatic hydroxyl groups is 1. The molecule has 2 heteroatoms. The van der Waals surface area contributed by atoms with Gasteiger partial charge in [0.2, 0.25) is 0 Å². The molecule has 2 rings (SSSR count). The number of benzene rings is 2. The van der Waals surface area contributed by atoms with Crippen LogP contribution in [0.3, 0.4) is 0 Å². The lowest BCUT2D eigenvalue weighted by molar-refractivity contribution is 0.475. The highest BCUT2D eigenvalue weighted by Gasteiger charge is 2.02. The van der Waals surface area contributed by atoms with Crippen molar-refractivity contribution in [2.75, 3.05) is 5.73 Å². The summed E-state index contributed by atoms with van der Waals surface area (Å²) in [6.45, 7) is 2.02. The molecule has 0 fully saturated rings. The third-order valence-corrected chi connectivity index (χ3v) is 2.44. The number of phenolic OH excluding ortho intramolecular Hbond substituents is 1. The van der Waals surface area contributed by atoms with Gasteiger partial charge in [-0.1, -0.05) is 18.2 Å². The SMILES string of the molecule is Cc1ccc(O)cc1-c1ccc(N)cc1. The lowest BCUT2D eigenvalue weighted by Crippen LogP contribution is -1.86. The molecular weight excluding hydrogens is 186 g/mol. The van der Waals surface area contributed by atoms with E-state index in [9.17, 15) is 5.11 Å². The van der Waals surface area contributed by atoms with Gasteiger partial charge in [-0.3, -0.25) is 0 Å². The second-order valence-electron chi connectivity index (χ2n) is 3.62. The van der Waals surface area contributed by atoms with Crippen LogP contribution in [0.5, 0.6) is 5.75 Å². The minimum atomic E-state index is 0.285. The second kappa shape index (κ2) is 3.65. The van der Waals surface area contributed by atoms with Crippen molar-refractivity contribution in [1.82, 2.24) is 0 Å². The van der Waals surface area contributed by atoms with Crippen LogP contribution in [0, 0.1) is 6.92 Å². The lowest BCUT2D eigenvalue weighted by atomic mass is 10.0. The van der Waals surface area contributed by atoms with Crippen molar-refractivity contribution in [2.24, 2.45) is 0 Å². The molecule has 0 unspecified atom stereocenters. The number of phenols is 1. The van der Waals surface area contributed by atoms with Crippen LogP contribution in [0.25, 0.3) is 11.1 Å². The van der Waals surface area contributed by atoms with E-state index in [1.54, 1.807) is 12.1 Å². The molecule has 0 spiro atoms. The Morgan fingerprint density at radius 3 is 2.33 bits per heavy atom. The van der Waals surface area contributed by atoms with Gasteiger partial charge in [-0.25, -0.2) is 0 Å². The highest BCUT2D eigenvalue weighted by atomic mass is 16.3. The quantitative estimate of drug-likeness (QED) is 0.693. The highest BCUT2D eigenvalue weighted by molar-refractivity contribution is 5.70. The number of nitrogen functional groups attached to an aromatic ring is 1. The standard InChI is InChI=1S/C13H13NO/c1-9-2-7-12(15)8-13(9)10-3-5-11(14)6-4-10/h2-8,15H,14H2,1H3. The molecule has 0 aliphatic heterocycles. The lowest BCUT2D eigenvalue weighted by Gasteiger charge is -2.06. The summed E-state index contributed by atoms with van der Waals surface area (Å²) in [7, 11) is 0. The van der Waals surface area contributed by atoms with E-state index in [1.807, 2.05) is 37.3 Å². The summed E-state index contributed by atoms with van der Waals surface area (Å²) in [5, 5.41) is 9.43. The zero-order chi connectivity index (χ0) is 10.8. The molecule has 3 N–H and O–H groups in total. The fraction of sp³-hybridized carbons (Fsp3) is 0.0769. The van der Waals surface area contributed by atoms with Crippen LogP contribution in [0.4, 0.5) is 5.69 Å². The van der Waals surface area contributed by atoms with Crippen molar-refractivity contribution < 1.29 is 5.11 Å². The minimum Gasteiger partial charge on any atom is -0.508 e. The molecule has 15 heavy (non-hydrogen) atoms. The summed E-state index contributed by atoms with van der Waals surface area (Å²) in [5.41, 5.74) is 9.61. The largest absolute Gasteiger partial charge is 0.508 e. The second-order valence-corrected chi connectivity index (χ2v) is 3.62. The average Bonchev–Trinajstić information content (AvgIpc) is 2.23. The third-order valence-electron chi connectivity index (χ3n) is 2.44. The first-order valence-electron chi connectivity index (χ1n) is 4.82. The monoisotopic (exact) mass is 199 g/mol. The summed E-state index contributed by atoms with van der Waals surface area (Å²) in [6, 6.07) is 13.0.